The fourth-order valence-corrected chi connectivity index (χ4v) is 2.06. The van der Waals surface area contributed by atoms with Crippen LogP contribution in [0.4, 0.5) is 5.69 Å². The summed E-state index contributed by atoms with van der Waals surface area (Å²) in [5, 5.41) is 2.49. The third-order valence-corrected chi connectivity index (χ3v) is 3.18. The van der Waals surface area contributed by atoms with E-state index in [9.17, 15) is 19.2 Å². The first kappa shape index (κ1) is 19.3. The van der Waals surface area contributed by atoms with Crippen molar-refractivity contribution in [2.24, 2.45) is 5.41 Å². The molecule has 0 bridgehead atoms. The summed E-state index contributed by atoms with van der Waals surface area (Å²) in [5.74, 6) is -2.32. The molecule has 0 atom stereocenters. The minimum absolute atomic E-state index is 0.00259. The fraction of sp³-hybridized carbons (Fsp3) is 0.412. The molecule has 1 aromatic carbocycles. The molecule has 1 rings (SSSR count). The zero-order valence-corrected chi connectivity index (χ0v) is 14.6. The van der Waals surface area contributed by atoms with Crippen molar-refractivity contribution in [1.82, 2.24) is 0 Å². The van der Waals surface area contributed by atoms with Crippen LogP contribution in [0.1, 0.15) is 58.8 Å². The maximum absolute atomic E-state index is 12.8. The second kappa shape index (κ2) is 7.25. The molecule has 1 amide bonds. The summed E-state index contributed by atoms with van der Waals surface area (Å²) < 4.78 is 9.36. The van der Waals surface area contributed by atoms with Gasteiger partial charge in [-0.25, -0.2) is 9.59 Å². The molecule has 0 saturated heterocycles. The Kier molecular flexibility index (Phi) is 5.84. The lowest BCUT2D eigenvalue weighted by Crippen LogP contribution is -2.26. The Hall–Kier alpha value is -2.70. The van der Waals surface area contributed by atoms with Gasteiger partial charge in [0.1, 0.15) is 0 Å². The number of carbonyl (C=O) groups excluding carboxylic acids is 4. The van der Waals surface area contributed by atoms with Crippen molar-refractivity contribution in [1.29, 1.82) is 0 Å². The van der Waals surface area contributed by atoms with E-state index in [4.69, 9.17) is 4.74 Å². The lowest BCUT2D eigenvalue weighted by molar-refractivity contribution is -0.114. The van der Waals surface area contributed by atoms with Crippen LogP contribution in [0.5, 0.6) is 0 Å². The number of hydrogen-bond acceptors (Lipinski definition) is 6. The van der Waals surface area contributed by atoms with Crippen LogP contribution in [0.15, 0.2) is 12.1 Å². The monoisotopic (exact) mass is 335 g/mol. The number of methoxy groups -OCH3 is 2. The van der Waals surface area contributed by atoms with E-state index in [0.29, 0.717) is 0 Å². The number of carbonyl (C=O) groups is 4. The molecule has 0 fully saturated rings. The molecule has 130 valence electrons. The van der Waals surface area contributed by atoms with Crippen LogP contribution in [0.2, 0.25) is 0 Å². The molecule has 7 nitrogen and oxygen atoms in total. The standard InChI is InChI=1S/C17H21NO6/c1-9(19)18-12-8-10(15(21)23-5)7-11(16(22)24-6)13(12)14(20)17(2,3)4/h7-8H,1-6H3,(H,18,19). The first-order valence-electron chi connectivity index (χ1n) is 7.20. The van der Waals surface area contributed by atoms with Crippen LogP contribution in [0.25, 0.3) is 0 Å². The van der Waals surface area contributed by atoms with Gasteiger partial charge in [-0.2, -0.15) is 0 Å². The Morgan fingerprint density at radius 3 is 1.92 bits per heavy atom. The van der Waals surface area contributed by atoms with Gasteiger partial charge >= 0.3 is 11.9 Å². The number of amides is 1. The molecule has 1 aromatic rings. The Morgan fingerprint density at radius 2 is 1.50 bits per heavy atom. The lowest BCUT2D eigenvalue weighted by Gasteiger charge is -2.22. The summed E-state index contributed by atoms with van der Waals surface area (Å²) >= 11 is 0. The molecule has 0 aliphatic heterocycles. The van der Waals surface area contributed by atoms with Crippen LogP contribution in [-0.4, -0.2) is 37.8 Å². The second-order valence-corrected chi connectivity index (χ2v) is 6.19. The highest BCUT2D eigenvalue weighted by Crippen LogP contribution is 2.31. The zero-order chi connectivity index (χ0) is 18.7. The van der Waals surface area contributed by atoms with E-state index in [1.807, 2.05) is 0 Å². The van der Waals surface area contributed by atoms with Gasteiger partial charge in [-0.3, -0.25) is 9.59 Å². The average Bonchev–Trinajstić information content (AvgIpc) is 2.50. The Bertz CT molecular complexity index is 700. The largest absolute Gasteiger partial charge is 0.465 e. The van der Waals surface area contributed by atoms with Gasteiger partial charge in [0, 0.05) is 12.3 Å². The number of benzene rings is 1. The van der Waals surface area contributed by atoms with E-state index in [1.165, 1.54) is 26.2 Å². The first-order chi connectivity index (χ1) is 11.0. The van der Waals surface area contributed by atoms with Gasteiger partial charge < -0.3 is 14.8 Å². The van der Waals surface area contributed by atoms with Gasteiger partial charge in [0.05, 0.1) is 36.6 Å². The predicted molar refractivity (Wildman–Crippen MR) is 87.2 cm³/mol. The molecule has 7 heteroatoms. The van der Waals surface area contributed by atoms with Crippen LogP contribution in [-0.2, 0) is 14.3 Å². The molecule has 0 unspecified atom stereocenters. The molecule has 0 saturated carbocycles. The molecule has 1 N–H and O–H groups in total. The number of anilines is 1. The molecule has 0 aliphatic rings. The van der Waals surface area contributed by atoms with Crippen molar-refractivity contribution in [3.63, 3.8) is 0 Å². The maximum Gasteiger partial charge on any atom is 0.338 e. The van der Waals surface area contributed by atoms with E-state index < -0.39 is 23.3 Å². The van der Waals surface area contributed by atoms with E-state index in [2.05, 4.69) is 10.1 Å². The molecule has 0 radical (unpaired) electrons. The van der Waals surface area contributed by atoms with Crippen LogP contribution < -0.4 is 5.32 Å². The number of rotatable bonds is 4. The number of nitrogens with one attached hydrogen (secondary N) is 1. The van der Waals surface area contributed by atoms with Crippen molar-refractivity contribution >= 4 is 29.3 Å². The third-order valence-electron chi connectivity index (χ3n) is 3.18. The number of hydrogen-bond donors (Lipinski definition) is 1. The summed E-state index contributed by atoms with van der Waals surface area (Å²) in [6.45, 7) is 6.31. The highest BCUT2D eigenvalue weighted by Gasteiger charge is 2.31. The maximum atomic E-state index is 12.8. The van der Waals surface area contributed by atoms with Crippen molar-refractivity contribution in [3.8, 4) is 0 Å². The van der Waals surface area contributed by atoms with E-state index >= 15 is 0 Å². The van der Waals surface area contributed by atoms with Crippen LogP contribution in [0.3, 0.4) is 0 Å². The van der Waals surface area contributed by atoms with Gasteiger partial charge in [-0.15, -0.1) is 0 Å². The highest BCUT2D eigenvalue weighted by atomic mass is 16.5. The van der Waals surface area contributed by atoms with Crippen molar-refractivity contribution < 1.29 is 28.7 Å². The van der Waals surface area contributed by atoms with Gasteiger partial charge in [0.2, 0.25) is 5.91 Å². The van der Waals surface area contributed by atoms with Crippen molar-refractivity contribution in [2.75, 3.05) is 19.5 Å². The van der Waals surface area contributed by atoms with E-state index in [0.717, 1.165) is 7.11 Å². The summed E-state index contributed by atoms with van der Waals surface area (Å²) in [4.78, 5) is 48.2. The minimum Gasteiger partial charge on any atom is -0.465 e. The summed E-state index contributed by atoms with van der Waals surface area (Å²) in [6, 6.07) is 2.53. The summed E-state index contributed by atoms with van der Waals surface area (Å²) in [5.41, 5.74) is -0.845. The predicted octanol–water partition coefficient (Wildman–Crippen LogP) is 2.45. The van der Waals surface area contributed by atoms with Gasteiger partial charge in [-0.05, 0) is 12.1 Å². The molecule has 24 heavy (non-hydrogen) atoms. The van der Waals surface area contributed by atoms with E-state index in [-0.39, 0.29) is 28.2 Å². The van der Waals surface area contributed by atoms with Crippen molar-refractivity contribution in [3.05, 3.63) is 28.8 Å². The van der Waals surface area contributed by atoms with E-state index in [1.54, 1.807) is 20.8 Å². The molecule has 0 aliphatic carbocycles. The molecular formula is C17H21NO6. The smallest absolute Gasteiger partial charge is 0.338 e. The first-order valence-corrected chi connectivity index (χ1v) is 7.20. The number of esters is 2. The fourth-order valence-electron chi connectivity index (χ4n) is 2.06. The average molecular weight is 335 g/mol. The number of Topliss-reactive ketones (excluding diaryl/α,β-unsaturated/α-hetero) is 1. The Labute approximate surface area is 140 Å². The van der Waals surface area contributed by atoms with Crippen LogP contribution >= 0.6 is 0 Å². The normalized spacial score (nSPS) is 10.8. The van der Waals surface area contributed by atoms with Gasteiger partial charge in [0.25, 0.3) is 0 Å². The molecule has 0 aromatic heterocycles. The Balaban J connectivity index is 3.79. The quantitative estimate of drug-likeness (QED) is 0.670. The lowest BCUT2D eigenvalue weighted by atomic mass is 9.83. The topological polar surface area (TPSA) is 98.8 Å². The zero-order valence-electron chi connectivity index (χ0n) is 14.6. The molecule has 0 spiro atoms. The SMILES string of the molecule is COC(=O)c1cc(NC(C)=O)c(C(=O)C(C)(C)C)c(C(=O)OC)c1. The van der Waals surface area contributed by atoms with Crippen LogP contribution in [0, 0.1) is 5.41 Å². The number of ether oxygens (including phenoxy) is 2. The van der Waals surface area contributed by atoms with Crippen molar-refractivity contribution in [2.45, 2.75) is 27.7 Å². The number of ketones is 1. The third kappa shape index (κ3) is 4.18. The second-order valence-electron chi connectivity index (χ2n) is 6.19. The summed E-state index contributed by atoms with van der Waals surface area (Å²) in [7, 11) is 2.35. The molecule has 0 heterocycles. The van der Waals surface area contributed by atoms with Gasteiger partial charge in [0.15, 0.2) is 5.78 Å². The van der Waals surface area contributed by atoms with Gasteiger partial charge in [-0.1, -0.05) is 20.8 Å². The molecular weight excluding hydrogens is 314 g/mol. The Morgan fingerprint density at radius 1 is 0.958 bits per heavy atom. The summed E-state index contributed by atoms with van der Waals surface area (Å²) in [6.07, 6.45) is 0. The highest BCUT2D eigenvalue weighted by molar-refractivity contribution is 6.15. The minimum atomic E-state index is -0.817.